The Balaban J connectivity index is 1.45. The average molecular weight is 477 g/mol. The molecule has 0 unspecified atom stereocenters. The summed E-state index contributed by atoms with van der Waals surface area (Å²) in [5.41, 5.74) is 0.744. The molecule has 2 heterocycles. The van der Waals surface area contributed by atoms with Crippen LogP contribution >= 0.6 is 0 Å². The van der Waals surface area contributed by atoms with Crippen molar-refractivity contribution >= 4 is 5.91 Å². The number of aryl methyl sites for hydroxylation is 1. The maximum Gasteiger partial charge on any atom is 0.416 e. The fourth-order valence-corrected chi connectivity index (χ4v) is 4.82. The molecule has 0 spiro atoms. The van der Waals surface area contributed by atoms with Crippen molar-refractivity contribution in [1.82, 2.24) is 10.2 Å². The van der Waals surface area contributed by atoms with Gasteiger partial charge in [0, 0.05) is 26.3 Å². The van der Waals surface area contributed by atoms with E-state index < -0.39 is 17.3 Å². The molecule has 0 aromatic heterocycles. The van der Waals surface area contributed by atoms with E-state index in [0.717, 1.165) is 23.3 Å². The van der Waals surface area contributed by atoms with Gasteiger partial charge in [0.1, 0.15) is 17.4 Å². The van der Waals surface area contributed by atoms with Gasteiger partial charge < -0.3 is 14.8 Å². The highest BCUT2D eigenvalue weighted by atomic mass is 19.4. The number of nitrogens with zero attached hydrogens (tertiary/aromatic N) is 1. The van der Waals surface area contributed by atoms with Gasteiger partial charge in [-0.05, 0) is 56.9 Å². The molecule has 2 fully saturated rings. The van der Waals surface area contributed by atoms with Gasteiger partial charge in [0.25, 0.3) is 0 Å². The van der Waals surface area contributed by atoms with Crippen LogP contribution in [-0.2, 0) is 15.7 Å². The number of hydrogen-bond acceptors (Lipinski definition) is 4. The number of ether oxygens (including phenoxy) is 2. The Kier molecular flexibility index (Phi) is 7.19. The fraction of sp³-hybridized carbons (Fsp3) is 0.500. The Morgan fingerprint density at radius 2 is 1.88 bits per heavy atom. The van der Waals surface area contributed by atoms with Crippen molar-refractivity contribution in [2.75, 3.05) is 26.3 Å². The molecule has 2 aromatic rings. The first-order chi connectivity index (χ1) is 16.2. The van der Waals surface area contributed by atoms with E-state index >= 15 is 0 Å². The Labute approximate surface area is 198 Å². The maximum atomic E-state index is 13.6. The fourth-order valence-electron chi connectivity index (χ4n) is 4.82. The van der Waals surface area contributed by atoms with Crippen LogP contribution in [-0.4, -0.2) is 48.8 Å². The summed E-state index contributed by atoms with van der Waals surface area (Å²) in [6.07, 6.45) is -2.93. The van der Waals surface area contributed by atoms with Crippen molar-refractivity contribution in [3.05, 3.63) is 65.2 Å². The van der Waals surface area contributed by atoms with E-state index in [1.807, 2.05) is 38.1 Å². The van der Waals surface area contributed by atoms with Gasteiger partial charge in [0.05, 0.1) is 11.6 Å². The van der Waals surface area contributed by atoms with Crippen molar-refractivity contribution < 1.29 is 27.4 Å². The molecule has 5 nitrogen and oxygen atoms in total. The van der Waals surface area contributed by atoms with Gasteiger partial charge in [0.2, 0.25) is 5.91 Å². The summed E-state index contributed by atoms with van der Waals surface area (Å²) < 4.78 is 50.6. The normalized spacial score (nSPS) is 21.7. The number of halogens is 3. The zero-order chi connectivity index (χ0) is 24.3. The van der Waals surface area contributed by atoms with Gasteiger partial charge in [0.15, 0.2) is 0 Å². The lowest BCUT2D eigenvalue weighted by Gasteiger charge is -2.43. The standard InChI is InChI=1S/C26H31F3N2O3/c1-18-6-8-20(9-7-18)19(2)30-24(32)25(11-14-33-15-12-25)31-13-10-23(17-31)34-22-5-3-4-21(16-22)26(27,28)29/h3-9,16,19,23H,10-15,17H2,1-2H3,(H,30,32)/t19-,23+/m0/s1. The molecule has 2 aliphatic heterocycles. The quantitative estimate of drug-likeness (QED) is 0.645. The topological polar surface area (TPSA) is 50.8 Å². The molecule has 0 radical (unpaired) electrons. The molecule has 1 N–H and O–H groups in total. The average Bonchev–Trinajstić information content (AvgIpc) is 3.28. The van der Waals surface area contributed by atoms with Gasteiger partial charge in [-0.3, -0.25) is 9.69 Å². The summed E-state index contributed by atoms with van der Waals surface area (Å²) in [6, 6.07) is 12.9. The summed E-state index contributed by atoms with van der Waals surface area (Å²) >= 11 is 0. The number of likely N-dealkylation sites (tertiary alicyclic amines) is 1. The number of rotatable bonds is 6. The molecule has 0 saturated carbocycles. The smallest absolute Gasteiger partial charge is 0.416 e. The first kappa shape index (κ1) is 24.5. The number of hydrogen-bond donors (Lipinski definition) is 1. The highest BCUT2D eigenvalue weighted by Gasteiger charge is 2.48. The Bertz CT molecular complexity index is 988. The molecule has 34 heavy (non-hydrogen) atoms. The van der Waals surface area contributed by atoms with Crippen LogP contribution < -0.4 is 10.1 Å². The van der Waals surface area contributed by atoms with Crippen molar-refractivity contribution in [3.8, 4) is 5.75 Å². The number of carbonyl (C=O) groups excluding carboxylic acids is 1. The highest BCUT2D eigenvalue weighted by Crippen LogP contribution is 2.35. The highest BCUT2D eigenvalue weighted by molar-refractivity contribution is 5.87. The largest absolute Gasteiger partial charge is 0.489 e. The summed E-state index contributed by atoms with van der Waals surface area (Å²) in [5.74, 6) is 0.156. The zero-order valence-corrected chi connectivity index (χ0v) is 19.5. The van der Waals surface area contributed by atoms with E-state index in [1.54, 1.807) is 0 Å². The van der Waals surface area contributed by atoms with Crippen molar-refractivity contribution in [2.45, 2.75) is 57.0 Å². The molecule has 2 atom stereocenters. The zero-order valence-electron chi connectivity index (χ0n) is 19.5. The third-order valence-electron chi connectivity index (χ3n) is 6.88. The van der Waals surface area contributed by atoms with Crippen LogP contribution in [0.3, 0.4) is 0 Å². The van der Waals surface area contributed by atoms with Gasteiger partial charge in [-0.1, -0.05) is 35.9 Å². The van der Waals surface area contributed by atoms with E-state index in [-0.39, 0.29) is 23.8 Å². The monoisotopic (exact) mass is 476 g/mol. The lowest BCUT2D eigenvalue weighted by atomic mass is 9.86. The second-order valence-corrected chi connectivity index (χ2v) is 9.25. The minimum Gasteiger partial charge on any atom is -0.489 e. The molecule has 0 aliphatic carbocycles. The molecule has 184 valence electrons. The van der Waals surface area contributed by atoms with Crippen LogP contribution in [0.15, 0.2) is 48.5 Å². The molecule has 2 aromatic carbocycles. The third-order valence-corrected chi connectivity index (χ3v) is 6.88. The molecular weight excluding hydrogens is 445 g/mol. The van der Waals surface area contributed by atoms with E-state index in [9.17, 15) is 18.0 Å². The number of alkyl halides is 3. The summed E-state index contributed by atoms with van der Waals surface area (Å²) in [4.78, 5) is 15.7. The number of nitrogens with one attached hydrogen (secondary N) is 1. The lowest BCUT2D eigenvalue weighted by Crippen LogP contribution is -2.61. The predicted octanol–water partition coefficient (Wildman–Crippen LogP) is 4.89. The molecule has 2 saturated heterocycles. The van der Waals surface area contributed by atoms with E-state index in [0.29, 0.717) is 45.6 Å². The van der Waals surface area contributed by atoms with Crippen LogP contribution in [0.2, 0.25) is 0 Å². The minimum absolute atomic E-state index is 0.0383. The van der Waals surface area contributed by atoms with Gasteiger partial charge in [-0.15, -0.1) is 0 Å². The van der Waals surface area contributed by atoms with Gasteiger partial charge >= 0.3 is 6.18 Å². The molecule has 0 bridgehead atoms. The summed E-state index contributed by atoms with van der Waals surface area (Å²) in [5, 5.41) is 3.19. The Hall–Kier alpha value is -2.58. The molecular formula is C26H31F3N2O3. The van der Waals surface area contributed by atoms with Gasteiger partial charge in [-0.2, -0.15) is 13.2 Å². The minimum atomic E-state index is -4.42. The van der Waals surface area contributed by atoms with E-state index in [4.69, 9.17) is 9.47 Å². The molecule has 2 aliphatic rings. The maximum absolute atomic E-state index is 13.6. The lowest BCUT2D eigenvalue weighted by molar-refractivity contribution is -0.141. The predicted molar refractivity (Wildman–Crippen MR) is 123 cm³/mol. The van der Waals surface area contributed by atoms with Crippen LogP contribution in [0.1, 0.15) is 48.9 Å². The van der Waals surface area contributed by atoms with Crippen LogP contribution in [0.5, 0.6) is 5.75 Å². The van der Waals surface area contributed by atoms with E-state index in [1.165, 1.54) is 12.1 Å². The Morgan fingerprint density at radius 1 is 1.18 bits per heavy atom. The van der Waals surface area contributed by atoms with Crippen LogP contribution in [0.4, 0.5) is 13.2 Å². The second-order valence-electron chi connectivity index (χ2n) is 9.25. The number of amides is 1. The van der Waals surface area contributed by atoms with E-state index in [2.05, 4.69) is 10.2 Å². The summed E-state index contributed by atoms with van der Waals surface area (Å²) in [7, 11) is 0. The van der Waals surface area contributed by atoms with Gasteiger partial charge in [-0.25, -0.2) is 0 Å². The second kappa shape index (κ2) is 9.96. The van der Waals surface area contributed by atoms with Crippen LogP contribution in [0.25, 0.3) is 0 Å². The molecule has 8 heteroatoms. The Morgan fingerprint density at radius 3 is 2.56 bits per heavy atom. The van der Waals surface area contributed by atoms with Crippen molar-refractivity contribution in [1.29, 1.82) is 0 Å². The molecule has 4 rings (SSSR count). The van der Waals surface area contributed by atoms with Crippen molar-refractivity contribution in [2.24, 2.45) is 0 Å². The first-order valence-electron chi connectivity index (χ1n) is 11.7. The number of benzene rings is 2. The van der Waals surface area contributed by atoms with Crippen molar-refractivity contribution in [3.63, 3.8) is 0 Å². The SMILES string of the molecule is Cc1ccc([C@H](C)NC(=O)C2(N3CC[C@@H](Oc4cccc(C(F)(F)F)c4)C3)CCOCC2)cc1. The summed E-state index contributed by atoms with van der Waals surface area (Å²) in [6.45, 7) is 6.08. The molecule has 1 amide bonds. The van der Waals surface area contributed by atoms with Crippen LogP contribution in [0, 0.1) is 6.92 Å². The third kappa shape index (κ3) is 5.39. The first-order valence-corrected chi connectivity index (χ1v) is 11.7. The number of carbonyl (C=O) groups is 1.